The van der Waals surface area contributed by atoms with E-state index in [0.29, 0.717) is 18.0 Å². The first kappa shape index (κ1) is 15.1. The topological polar surface area (TPSA) is 64.4 Å². The van der Waals surface area contributed by atoms with Crippen molar-refractivity contribution in [1.29, 1.82) is 0 Å². The number of hydrogen-bond acceptors (Lipinski definition) is 4. The second-order valence-electron chi connectivity index (χ2n) is 5.02. The number of rotatable bonds is 5. The summed E-state index contributed by atoms with van der Waals surface area (Å²) in [4.78, 5) is 12.2. The third-order valence-electron chi connectivity index (χ3n) is 3.37. The Morgan fingerprint density at radius 1 is 1.38 bits per heavy atom. The number of carbonyl (C=O) groups excluding carboxylic acids is 1. The van der Waals surface area contributed by atoms with Gasteiger partial charge in [-0.2, -0.15) is 0 Å². The molecule has 5 heteroatoms. The first-order valence-electron chi connectivity index (χ1n) is 6.98. The lowest BCUT2D eigenvalue weighted by molar-refractivity contribution is -0.122. The number of nitrogens with zero attached hydrogens (tertiary/aromatic N) is 1. The minimum atomic E-state index is -0.567. The average Bonchev–Trinajstić information content (AvgIpc) is 2.85. The van der Waals surface area contributed by atoms with Crippen molar-refractivity contribution in [3.63, 3.8) is 0 Å². The highest BCUT2D eigenvalue weighted by molar-refractivity contribution is 5.93. The fraction of sp³-hybridized carbons (Fsp3) is 0.375. The van der Waals surface area contributed by atoms with E-state index in [0.717, 1.165) is 16.9 Å². The summed E-state index contributed by atoms with van der Waals surface area (Å²) in [6.07, 6.45) is -0.00160. The fourth-order valence-electron chi connectivity index (χ4n) is 1.96. The van der Waals surface area contributed by atoms with Gasteiger partial charge in [0.15, 0.2) is 11.9 Å². The predicted molar refractivity (Wildman–Crippen MR) is 80.5 cm³/mol. The van der Waals surface area contributed by atoms with Crippen LogP contribution in [0.25, 0.3) is 0 Å². The number of amides is 1. The molecule has 1 aromatic heterocycles. The number of benzene rings is 1. The van der Waals surface area contributed by atoms with Crippen molar-refractivity contribution in [1.82, 2.24) is 5.16 Å². The summed E-state index contributed by atoms with van der Waals surface area (Å²) in [6.45, 7) is 7.67. The molecule has 2 rings (SSSR count). The molecule has 0 bridgehead atoms. The maximum atomic E-state index is 12.2. The molecule has 0 unspecified atom stereocenters. The smallest absolute Gasteiger partial charge is 0.266 e. The highest BCUT2D eigenvalue weighted by Gasteiger charge is 2.20. The van der Waals surface area contributed by atoms with Gasteiger partial charge in [-0.1, -0.05) is 24.2 Å². The van der Waals surface area contributed by atoms with Crippen molar-refractivity contribution in [2.24, 2.45) is 0 Å². The van der Waals surface area contributed by atoms with Crippen LogP contribution in [0.15, 0.2) is 28.8 Å². The van der Waals surface area contributed by atoms with Gasteiger partial charge in [0.1, 0.15) is 11.5 Å². The van der Waals surface area contributed by atoms with E-state index in [1.54, 1.807) is 13.0 Å². The molecule has 0 fully saturated rings. The average molecular weight is 288 g/mol. The number of carbonyl (C=O) groups is 1. The van der Waals surface area contributed by atoms with Crippen molar-refractivity contribution in [2.75, 3.05) is 5.32 Å². The van der Waals surface area contributed by atoms with Crippen LogP contribution in [0.4, 0.5) is 5.82 Å². The van der Waals surface area contributed by atoms with E-state index in [1.807, 2.05) is 39.0 Å². The Balaban J connectivity index is 2.08. The molecule has 2 aromatic rings. The van der Waals surface area contributed by atoms with Crippen LogP contribution in [0, 0.1) is 20.8 Å². The molecule has 0 saturated heterocycles. The summed E-state index contributed by atoms with van der Waals surface area (Å²) in [5.41, 5.74) is 2.18. The van der Waals surface area contributed by atoms with Crippen molar-refractivity contribution >= 4 is 11.7 Å². The Morgan fingerprint density at radius 2 is 2.14 bits per heavy atom. The largest absolute Gasteiger partial charge is 0.480 e. The number of ether oxygens (including phenoxy) is 1. The van der Waals surface area contributed by atoms with E-state index < -0.39 is 6.10 Å². The zero-order chi connectivity index (χ0) is 15.4. The Hall–Kier alpha value is -2.30. The van der Waals surface area contributed by atoms with Gasteiger partial charge in [-0.05, 0) is 44.4 Å². The molecule has 0 aliphatic carbocycles. The minimum Gasteiger partial charge on any atom is -0.480 e. The minimum absolute atomic E-state index is 0.230. The summed E-state index contributed by atoms with van der Waals surface area (Å²) in [5, 5.41) is 6.45. The maximum Gasteiger partial charge on any atom is 0.266 e. The summed E-state index contributed by atoms with van der Waals surface area (Å²) in [7, 11) is 0. The second-order valence-corrected chi connectivity index (χ2v) is 5.02. The molecule has 0 radical (unpaired) electrons. The molecule has 0 aliphatic heterocycles. The Kier molecular flexibility index (Phi) is 4.62. The monoisotopic (exact) mass is 288 g/mol. The van der Waals surface area contributed by atoms with Crippen LogP contribution in [0.5, 0.6) is 5.75 Å². The van der Waals surface area contributed by atoms with E-state index in [1.165, 1.54) is 0 Å². The van der Waals surface area contributed by atoms with E-state index in [-0.39, 0.29) is 5.91 Å². The first-order chi connectivity index (χ1) is 10.0. The molecule has 0 spiro atoms. The normalized spacial score (nSPS) is 12.0. The standard InChI is InChI=1S/C16H20N2O3/c1-5-13(16(19)17-15-9-11(3)21-18-15)20-14-8-6-7-10(2)12(14)4/h6-9,13H,5H2,1-4H3,(H,17,18,19)/t13-/m0/s1. The molecule has 1 N–H and O–H groups in total. The lowest BCUT2D eigenvalue weighted by atomic mass is 10.1. The van der Waals surface area contributed by atoms with Gasteiger partial charge in [0, 0.05) is 6.07 Å². The highest BCUT2D eigenvalue weighted by atomic mass is 16.5. The zero-order valence-electron chi connectivity index (χ0n) is 12.8. The van der Waals surface area contributed by atoms with E-state index in [9.17, 15) is 4.79 Å². The molecule has 1 heterocycles. The van der Waals surface area contributed by atoms with Crippen LogP contribution in [-0.4, -0.2) is 17.2 Å². The first-order valence-corrected chi connectivity index (χ1v) is 6.98. The Bertz CT molecular complexity index is 634. The summed E-state index contributed by atoms with van der Waals surface area (Å²) >= 11 is 0. The van der Waals surface area contributed by atoms with Crippen molar-refractivity contribution in [3.05, 3.63) is 41.2 Å². The molecule has 21 heavy (non-hydrogen) atoms. The third kappa shape index (κ3) is 3.62. The van der Waals surface area contributed by atoms with Crippen LogP contribution in [0.1, 0.15) is 30.2 Å². The summed E-state index contributed by atoms with van der Waals surface area (Å²) in [6, 6.07) is 7.48. The quantitative estimate of drug-likeness (QED) is 0.915. The predicted octanol–water partition coefficient (Wildman–Crippen LogP) is 3.40. The van der Waals surface area contributed by atoms with E-state index in [4.69, 9.17) is 9.26 Å². The molecule has 1 amide bonds. The van der Waals surface area contributed by atoms with Crippen molar-refractivity contribution in [2.45, 2.75) is 40.2 Å². The second kappa shape index (κ2) is 6.43. The van der Waals surface area contributed by atoms with Gasteiger partial charge in [-0.25, -0.2) is 0 Å². The summed E-state index contributed by atoms with van der Waals surface area (Å²) < 4.78 is 10.8. The molecule has 1 aromatic carbocycles. The van der Waals surface area contributed by atoms with Gasteiger partial charge >= 0.3 is 0 Å². The Morgan fingerprint density at radius 3 is 2.76 bits per heavy atom. The molecule has 112 valence electrons. The van der Waals surface area contributed by atoms with Gasteiger partial charge < -0.3 is 14.6 Å². The fourth-order valence-corrected chi connectivity index (χ4v) is 1.96. The van der Waals surface area contributed by atoms with Crippen LogP contribution in [0.3, 0.4) is 0 Å². The van der Waals surface area contributed by atoms with Crippen LogP contribution < -0.4 is 10.1 Å². The van der Waals surface area contributed by atoms with Crippen LogP contribution in [-0.2, 0) is 4.79 Å². The Labute approximate surface area is 124 Å². The molecule has 0 aliphatic rings. The number of anilines is 1. The van der Waals surface area contributed by atoms with E-state index in [2.05, 4.69) is 10.5 Å². The third-order valence-corrected chi connectivity index (χ3v) is 3.37. The van der Waals surface area contributed by atoms with Crippen LogP contribution in [0.2, 0.25) is 0 Å². The van der Waals surface area contributed by atoms with Crippen molar-refractivity contribution < 1.29 is 14.1 Å². The number of nitrogens with one attached hydrogen (secondary N) is 1. The zero-order valence-corrected chi connectivity index (χ0v) is 12.8. The molecule has 1 atom stereocenters. The van der Waals surface area contributed by atoms with Gasteiger partial charge in [-0.15, -0.1) is 0 Å². The van der Waals surface area contributed by atoms with Crippen molar-refractivity contribution in [3.8, 4) is 5.75 Å². The van der Waals surface area contributed by atoms with Gasteiger partial charge in [0.05, 0.1) is 0 Å². The van der Waals surface area contributed by atoms with Gasteiger partial charge in [0.25, 0.3) is 5.91 Å². The van der Waals surface area contributed by atoms with Gasteiger partial charge in [0.2, 0.25) is 0 Å². The number of aromatic nitrogens is 1. The molecule has 0 saturated carbocycles. The number of aryl methyl sites for hydroxylation is 2. The summed E-state index contributed by atoms with van der Waals surface area (Å²) in [5.74, 6) is 1.55. The maximum absolute atomic E-state index is 12.2. The number of hydrogen-bond donors (Lipinski definition) is 1. The van der Waals surface area contributed by atoms with Crippen LogP contribution >= 0.6 is 0 Å². The lowest BCUT2D eigenvalue weighted by Crippen LogP contribution is -2.32. The highest BCUT2D eigenvalue weighted by Crippen LogP contribution is 2.22. The SMILES string of the molecule is CC[C@H](Oc1cccc(C)c1C)C(=O)Nc1cc(C)on1. The molecular formula is C16H20N2O3. The molecule has 5 nitrogen and oxygen atoms in total. The molecular weight excluding hydrogens is 268 g/mol. The van der Waals surface area contributed by atoms with E-state index >= 15 is 0 Å². The van der Waals surface area contributed by atoms with Gasteiger partial charge in [-0.3, -0.25) is 4.79 Å². The lowest BCUT2D eigenvalue weighted by Gasteiger charge is -2.18.